The number of aromatic amines is 1. The second kappa shape index (κ2) is 4.91. The smallest absolute Gasteiger partial charge is 0.184 e. The van der Waals surface area contributed by atoms with E-state index in [4.69, 9.17) is 10.5 Å². The summed E-state index contributed by atoms with van der Waals surface area (Å²) < 4.78 is 5.34. The number of anilines is 1. The molecular formula is C14H18N4O. The van der Waals surface area contributed by atoms with Crippen LogP contribution in [-0.4, -0.2) is 22.3 Å². The first kappa shape index (κ1) is 12.0. The molecule has 0 unspecified atom stereocenters. The van der Waals surface area contributed by atoms with E-state index in [9.17, 15) is 0 Å². The molecule has 3 N–H and O–H groups in total. The molecule has 0 saturated heterocycles. The molecular weight excluding hydrogens is 240 g/mol. The molecule has 0 radical (unpaired) electrons. The van der Waals surface area contributed by atoms with E-state index in [2.05, 4.69) is 15.2 Å². The summed E-state index contributed by atoms with van der Waals surface area (Å²) in [5.41, 5.74) is 7.30. The number of benzene rings is 1. The number of nitrogens with two attached hydrogens (primary N) is 1. The summed E-state index contributed by atoms with van der Waals surface area (Å²) in [5, 5.41) is 7.38. The molecule has 0 aliphatic heterocycles. The maximum absolute atomic E-state index is 5.76. The molecule has 1 fully saturated rings. The zero-order valence-corrected chi connectivity index (χ0v) is 11.0. The normalized spacial score (nSPS) is 15.8. The van der Waals surface area contributed by atoms with Gasteiger partial charge in [-0.05, 0) is 25.0 Å². The summed E-state index contributed by atoms with van der Waals surface area (Å²) in [4.78, 5) is 4.61. The topological polar surface area (TPSA) is 76.8 Å². The Kier molecular flexibility index (Phi) is 3.11. The Morgan fingerprint density at radius 2 is 2.11 bits per heavy atom. The van der Waals surface area contributed by atoms with E-state index >= 15 is 0 Å². The highest BCUT2D eigenvalue weighted by Gasteiger charge is 2.21. The predicted molar refractivity (Wildman–Crippen MR) is 74.0 cm³/mol. The van der Waals surface area contributed by atoms with Crippen LogP contribution in [0.15, 0.2) is 18.2 Å². The quantitative estimate of drug-likeness (QED) is 0.830. The van der Waals surface area contributed by atoms with E-state index in [1.54, 1.807) is 13.2 Å². The van der Waals surface area contributed by atoms with Gasteiger partial charge in [-0.3, -0.25) is 5.10 Å². The average molecular weight is 258 g/mol. The number of nitrogen functional groups attached to an aromatic ring is 1. The third-order valence-corrected chi connectivity index (χ3v) is 3.71. The minimum absolute atomic E-state index is 0.529. The summed E-state index contributed by atoms with van der Waals surface area (Å²) in [5.74, 6) is 2.91. The molecule has 5 nitrogen and oxygen atoms in total. The Hall–Kier alpha value is -2.04. The lowest BCUT2D eigenvalue weighted by molar-refractivity contribution is 0.416. The first-order valence-corrected chi connectivity index (χ1v) is 6.64. The van der Waals surface area contributed by atoms with Gasteiger partial charge in [0.05, 0.1) is 12.7 Å². The molecule has 1 heterocycles. The van der Waals surface area contributed by atoms with Gasteiger partial charge in [-0.25, -0.2) is 4.98 Å². The Bertz CT molecular complexity index is 573. The Morgan fingerprint density at radius 1 is 1.32 bits per heavy atom. The monoisotopic (exact) mass is 258 g/mol. The van der Waals surface area contributed by atoms with Crippen LogP contribution in [0, 0.1) is 0 Å². The first-order valence-electron chi connectivity index (χ1n) is 6.64. The molecule has 1 aliphatic rings. The standard InChI is InChI=1S/C14H18N4O/c1-19-12-8-10(15)6-7-11(12)14-16-13(17-18-14)9-4-2-3-5-9/h6-9H,2-5,15H2,1H3,(H,16,17,18). The molecule has 0 spiro atoms. The first-order chi connectivity index (χ1) is 9.28. The molecule has 1 aromatic carbocycles. The summed E-state index contributed by atoms with van der Waals surface area (Å²) in [6.45, 7) is 0. The van der Waals surface area contributed by atoms with Crippen LogP contribution in [0.4, 0.5) is 5.69 Å². The van der Waals surface area contributed by atoms with E-state index in [0.717, 1.165) is 11.4 Å². The van der Waals surface area contributed by atoms with Crippen LogP contribution in [0.1, 0.15) is 37.4 Å². The van der Waals surface area contributed by atoms with Crippen molar-refractivity contribution in [1.29, 1.82) is 0 Å². The maximum Gasteiger partial charge on any atom is 0.184 e. The predicted octanol–water partition coefficient (Wildman–Crippen LogP) is 2.72. The number of nitrogens with zero attached hydrogens (tertiary/aromatic N) is 2. The number of hydrogen-bond donors (Lipinski definition) is 2. The minimum Gasteiger partial charge on any atom is -0.496 e. The minimum atomic E-state index is 0.529. The third kappa shape index (κ3) is 2.28. The number of aromatic nitrogens is 3. The van der Waals surface area contributed by atoms with Gasteiger partial charge in [-0.15, -0.1) is 0 Å². The Balaban J connectivity index is 1.93. The van der Waals surface area contributed by atoms with Crippen molar-refractivity contribution in [1.82, 2.24) is 15.2 Å². The van der Waals surface area contributed by atoms with Crippen molar-refractivity contribution in [2.24, 2.45) is 0 Å². The van der Waals surface area contributed by atoms with E-state index in [1.807, 2.05) is 12.1 Å². The van der Waals surface area contributed by atoms with Crippen molar-refractivity contribution >= 4 is 5.69 Å². The lowest BCUT2D eigenvalue weighted by Crippen LogP contribution is -1.95. The molecule has 100 valence electrons. The third-order valence-electron chi connectivity index (χ3n) is 3.71. The van der Waals surface area contributed by atoms with Crippen LogP contribution in [0.5, 0.6) is 5.75 Å². The highest BCUT2D eigenvalue weighted by molar-refractivity contribution is 5.67. The number of hydrogen-bond acceptors (Lipinski definition) is 4. The van der Waals surface area contributed by atoms with Crippen molar-refractivity contribution in [3.8, 4) is 17.1 Å². The molecule has 1 aliphatic carbocycles. The van der Waals surface area contributed by atoms with Crippen LogP contribution >= 0.6 is 0 Å². The number of nitrogens with one attached hydrogen (secondary N) is 1. The Morgan fingerprint density at radius 3 is 2.84 bits per heavy atom. The molecule has 1 aromatic heterocycles. The van der Waals surface area contributed by atoms with Crippen molar-refractivity contribution in [2.75, 3.05) is 12.8 Å². The number of rotatable bonds is 3. The molecule has 2 aromatic rings. The summed E-state index contributed by atoms with van der Waals surface area (Å²) in [7, 11) is 1.63. The highest BCUT2D eigenvalue weighted by atomic mass is 16.5. The highest BCUT2D eigenvalue weighted by Crippen LogP contribution is 2.34. The van der Waals surface area contributed by atoms with Crippen molar-refractivity contribution in [3.63, 3.8) is 0 Å². The van der Waals surface area contributed by atoms with Gasteiger partial charge >= 0.3 is 0 Å². The zero-order valence-electron chi connectivity index (χ0n) is 11.0. The number of methoxy groups -OCH3 is 1. The van der Waals surface area contributed by atoms with Gasteiger partial charge in [0.15, 0.2) is 5.82 Å². The van der Waals surface area contributed by atoms with Crippen LogP contribution < -0.4 is 10.5 Å². The van der Waals surface area contributed by atoms with E-state index < -0.39 is 0 Å². The molecule has 0 bridgehead atoms. The van der Waals surface area contributed by atoms with E-state index in [-0.39, 0.29) is 0 Å². The van der Waals surface area contributed by atoms with Gasteiger partial charge in [0.1, 0.15) is 11.6 Å². The zero-order chi connectivity index (χ0) is 13.2. The molecule has 0 atom stereocenters. The van der Waals surface area contributed by atoms with E-state index in [1.165, 1.54) is 25.7 Å². The fourth-order valence-corrected chi connectivity index (χ4v) is 2.67. The fourth-order valence-electron chi connectivity index (χ4n) is 2.67. The van der Waals surface area contributed by atoms with Crippen LogP contribution in [-0.2, 0) is 0 Å². The molecule has 5 heteroatoms. The molecule has 19 heavy (non-hydrogen) atoms. The van der Waals surface area contributed by atoms with Crippen LogP contribution in [0.25, 0.3) is 11.4 Å². The summed E-state index contributed by atoms with van der Waals surface area (Å²) in [6.07, 6.45) is 4.97. The summed E-state index contributed by atoms with van der Waals surface area (Å²) >= 11 is 0. The molecule has 1 saturated carbocycles. The number of ether oxygens (including phenoxy) is 1. The second-order valence-electron chi connectivity index (χ2n) is 4.99. The fraction of sp³-hybridized carbons (Fsp3) is 0.429. The van der Waals surface area contributed by atoms with Gasteiger partial charge in [0, 0.05) is 17.7 Å². The van der Waals surface area contributed by atoms with Gasteiger partial charge < -0.3 is 10.5 Å². The van der Waals surface area contributed by atoms with Crippen molar-refractivity contribution < 1.29 is 4.74 Å². The SMILES string of the molecule is COc1cc(N)ccc1-c1n[nH]c(C2CCCC2)n1. The van der Waals surface area contributed by atoms with Gasteiger partial charge in [0.25, 0.3) is 0 Å². The molecule has 0 amide bonds. The van der Waals surface area contributed by atoms with Gasteiger partial charge in [-0.1, -0.05) is 12.8 Å². The number of H-pyrrole nitrogens is 1. The second-order valence-corrected chi connectivity index (χ2v) is 4.99. The Labute approximate surface area is 112 Å². The van der Waals surface area contributed by atoms with Gasteiger partial charge in [-0.2, -0.15) is 5.10 Å². The molecule has 3 rings (SSSR count). The lowest BCUT2D eigenvalue weighted by atomic mass is 10.1. The van der Waals surface area contributed by atoms with Gasteiger partial charge in [0.2, 0.25) is 0 Å². The summed E-state index contributed by atoms with van der Waals surface area (Å²) in [6, 6.07) is 5.53. The van der Waals surface area contributed by atoms with Crippen LogP contribution in [0.3, 0.4) is 0 Å². The van der Waals surface area contributed by atoms with Crippen LogP contribution in [0.2, 0.25) is 0 Å². The maximum atomic E-state index is 5.76. The van der Waals surface area contributed by atoms with E-state index in [0.29, 0.717) is 23.2 Å². The largest absolute Gasteiger partial charge is 0.496 e. The van der Waals surface area contributed by atoms with Crippen molar-refractivity contribution in [2.45, 2.75) is 31.6 Å². The van der Waals surface area contributed by atoms with Crippen molar-refractivity contribution in [3.05, 3.63) is 24.0 Å². The lowest BCUT2D eigenvalue weighted by Gasteiger charge is -2.06. The average Bonchev–Trinajstić information content (AvgIpc) is 3.09.